The number of hydrogen-bond donors (Lipinski definition) is 1. The van der Waals surface area contributed by atoms with E-state index in [1.54, 1.807) is 6.20 Å². The van der Waals surface area contributed by atoms with E-state index < -0.39 is 0 Å². The molecule has 2 heterocycles. The van der Waals surface area contributed by atoms with Gasteiger partial charge in [-0.15, -0.1) is 0 Å². The van der Waals surface area contributed by atoms with Gasteiger partial charge >= 0.3 is 0 Å². The van der Waals surface area contributed by atoms with Crippen LogP contribution in [-0.2, 0) is 0 Å². The standard InChI is InChI=1S/C16H16N4/c1-10(2)14-15(19-9-20-16(14)17)12-5-3-4-11-6-7-18-8-13(11)12/h3-10H,1-2H3,(H2,17,19,20). The maximum atomic E-state index is 6.04. The molecule has 0 bridgehead atoms. The summed E-state index contributed by atoms with van der Waals surface area (Å²) in [5.41, 5.74) is 8.97. The Kier molecular flexibility index (Phi) is 3.06. The van der Waals surface area contributed by atoms with Gasteiger partial charge in [0.25, 0.3) is 0 Å². The smallest absolute Gasteiger partial charge is 0.130 e. The molecule has 0 saturated carbocycles. The lowest BCUT2D eigenvalue weighted by Gasteiger charge is -2.14. The summed E-state index contributed by atoms with van der Waals surface area (Å²) < 4.78 is 0. The molecule has 4 nitrogen and oxygen atoms in total. The minimum absolute atomic E-state index is 0.262. The van der Waals surface area contributed by atoms with Crippen molar-refractivity contribution in [2.75, 3.05) is 5.73 Å². The van der Waals surface area contributed by atoms with E-state index in [0.29, 0.717) is 5.82 Å². The Balaban J connectivity index is 2.35. The Morgan fingerprint density at radius 1 is 1.10 bits per heavy atom. The van der Waals surface area contributed by atoms with Gasteiger partial charge in [-0.05, 0) is 17.4 Å². The van der Waals surface area contributed by atoms with Gasteiger partial charge in [0.1, 0.15) is 12.1 Å². The van der Waals surface area contributed by atoms with Gasteiger partial charge in [-0.2, -0.15) is 0 Å². The number of rotatable bonds is 2. The number of aromatic nitrogens is 3. The van der Waals surface area contributed by atoms with Gasteiger partial charge in [-0.25, -0.2) is 9.97 Å². The Morgan fingerprint density at radius 3 is 2.75 bits per heavy atom. The molecule has 0 atom stereocenters. The predicted octanol–water partition coefficient (Wildman–Crippen LogP) is 3.40. The SMILES string of the molecule is CC(C)c1c(N)ncnc1-c1cccc2ccncc12. The second-order valence-electron chi connectivity index (χ2n) is 5.08. The number of pyridine rings is 1. The fourth-order valence-corrected chi connectivity index (χ4v) is 2.51. The normalized spacial score (nSPS) is 11.2. The molecule has 0 aliphatic heterocycles. The van der Waals surface area contributed by atoms with Crippen molar-refractivity contribution in [2.45, 2.75) is 19.8 Å². The van der Waals surface area contributed by atoms with Crippen LogP contribution < -0.4 is 5.73 Å². The number of benzene rings is 1. The fourth-order valence-electron chi connectivity index (χ4n) is 2.51. The van der Waals surface area contributed by atoms with Crippen LogP contribution in [0.4, 0.5) is 5.82 Å². The molecule has 0 amide bonds. The molecule has 2 N–H and O–H groups in total. The van der Waals surface area contributed by atoms with Gasteiger partial charge in [0.15, 0.2) is 0 Å². The van der Waals surface area contributed by atoms with Crippen LogP contribution in [0.3, 0.4) is 0 Å². The summed E-state index contributed by atoms with van der Waals surface area (Å²) in [4.78, 5) is 12.8. The molecule has 2 aromatic heterocycles. The van der Waals surface area contributed by atoms with E-state index in [-0.39, 0.29) is 5.92 Å². The van der Waals surface area contributed by atoms with Crippen LogP contribution in [0, 0.1) is 0 Å². The van der Waals surface area contributed by atoms with Gasteiger partial charge in [-0.1, -0.05) is 32.0 Å². The van der Waals surface area contributed by atoms with Crippen molar-refractivity contribution in [2.24, 2.45) is 0 Å². The van der Waals surface area contributed by atoms with Crippen molar-refractivity contribution in [3.63, 3.8) is 0 Å². The quantitative estimate of drug-likeness (QED) is 0.770. The van der Waals surface area contributed by atoms with E-state index in [2.05, 4.69) is 40.9 Å². The number of fused-ring (bicyclic) bond motifs is 1. The summed E-state index contributed by atoms with van der Waals surface area (Å²) in [5.74, 6) is 0.809. The zero-order chi connectivity index (χ0) is 14.1. The third-order valence-corrected chi connectivity index (χ3v) is 3.43. The molecule has 0 aliphatic carbocycles. The number of nitrogens with two attached hydrogens (primary N) is 1. The van der Waals surface area contributed by atoms with E-state index in [9.17, 15) is 0 Å². The first-order valence-electron chi connectivity index (χ1n) is 6.62. The van der Waals surface area contributed by atoms with Gasteiger partial charge in [0, 0.05) is 28.9 Å². The third-order valence-electron chi connectivity index (χ3n) is 3.43. The molecule has 4 heteroatoms. The van der Waals surface area contributed by atoms with Crippen molar-refractivity contribution < 1.29 is 0 Å². The van der Waals surface area contributed by atoms with Crippen LogP contribution >= 0.6 is 0 Å². The number of anilines is 1. The highest BCUT2D eigenvalue weighted by atomic mass is 14.9. The first-order chi connectivity index (χ1) is 9.68. The van der Waals surface area contributed by atoms with Crippen molar-refractivity contribution in [3.8, 4) is 11.3 Å². The molecule has 0 radical (unpaired) electrons. The van der Waals surface area contributed by atoms with Crippen molar-refractivity contribution in [1.29, 1.82) is 0 Å². The third kappa shape index (κ3) is 1.99. The maximum absolute atomic E-state index is 6.04. The molecule has 3 rings (SSSR count). The molecule has 3 aromatic rings. The van der Waals surface area contributed by atoms with Crippen molar-refractivity contribution in [1.82, 2.24) is 15.0 Å². The maximum Gasteiger partial charge on any atom is 0.130 e. The zero-order valence-electron chi connectivity index (χ0n) is 11.5. The minimum atomic E-state index is 0.262. The Bertz CT molecular complexity index is 760. The largest absolute Gasteiger partial charge is 0.383 e. The van der Waals surface area contributed by atoms with Crippen LogP contribution in [0.15, 0.2) is 43.0 Å². The van der Waals surface area contributed by atoms with Crippen LogP contribution in [0.2, 0.25) is 0 Å². The van der Waals surface area contributed by atoms with Crippen LogP contribution in [0.1, 0.15) is 25.3 Å². The molecule has 100 valence electrons. The molecule has 0 fully saturated rings. The highest BCUT2D eigenvalue weighted by molar-refractivity contribution is 5.96. The molecule has 1 aromatic carbocycles. The molecule has 20 heavy (non-hydrogen) atoms. The zero-order valence-corrected chi connectivity index (χ0v) is 11.5. The highest BCUT2D eigenvalue weighted by Crippen LogP contribution is 2.34. The van der Waals surface area contributed by atoms with Gasteiger partial charge < -0.3 is 5.73 Å². The molecule has 0 spiro atoms. The Morgan fingerprint density at radius 2 is 1.95 bits per heavy atom. The molecular weight excluding hydrogens is 248 g/mol. The van der Waals surface area contributed by atoms with E-state index in [1.165, 1.54) is 6.33 Å². The number of nitrogens with zero attached hydrogens (tertiary/aromatic N) is 3. The first kappa shape index (κ1) is 12.5. The average molecular weight is 264 g/mol. The summed E-state index contributed by atoms with van der Waals surface area (Å²) in [6, 6.07) is 8.15. The van der Waals surface area contributed by atoms with Crippen molar-refractivity contribution in [3.05, 3.63) is 48.5 Å². The lowest BCUT2D eigenvalue weighted by atomic mass is 9.95. The summed E-state index contributed by atoms with van der Waals surface area (Å²) in [6.07, 6.45) is 5.18. The van der Waals surface area contributed by atoms with Gasteiger partial charge in [-0.3, -0.25) is 4.98 Å². The lowest BCUT2D eigenvalue weighted by Crippen LogP contribution is -2.04. The Labute approximate surface area is 117 Å². The monoisotopic (exact) mass is 264 g/mol. The topological polar surface area (TPSA) is 64.7 Å². The molecule has 0 saturated heterocycles. The van der Waals surface area contributed by atoms with Gasteiger partial charge in [0.2, 0.25) is 0 Å². The highest BCUT2D eigenvalue weighted by Gasteiger charge is 2.16. The number of nitrogen functional groups attached to an aromatic ring is 1. The van der Waals surface area contributed by atoms with Crippen LogP contribution in [-0.4, -0.2) is 15.0 Å². The minimum Gasteiger partial charge on any atom is -0.383 e. The van der Waals surface area contributed by atoms with Crippen molar-refractivity contribution >= 4 is 16.6 Å². The molecular formula is C16H16N4. The number of hydrogen-bond acceptors (Lipinski definition) is 4. The average Bonchev–Trinajstić information content (AvgIpc) is 2.46. The fraction of sp³-hybridized carbons (Fsp3) is 0.188. The van der Waals surface area contributed by atoms with E-state index >= 15 is 0 Å². The van der Waals surface area contributed by atoms with Crippen LogP contribution in [0.5, 0.6) is 0 Å². The van der Waals surface area contributed by atoms with Gasteiger partial charge in [0.05, 0.1) is 5.69 Å². The molecule has 0 unspecified atom stereocenters. The second-order valence-corrected chi connectivity index (χ2v) is 5.08. The lowest BCUT2D eigenvalue weighted by molar-refractivity contribution is 0.855. The Hall–Kier alpha value is -2.49. The summed E-state index contributed by atoms with van der Waals surface area (Å²) in [5, 5.41) is 2.22. The van der Waals surface area contributed by atoms with E-state index in [1.807, 2.05) is 18.3 Å². The van der Waals surface area contributed by atoms with Crippen LogP contribution in [0.25, 0.3) is 22.0 Å². The van der Waals surface area contributed by atoms with E-state index in [0.717, 1.165) is 27.6 Å². The first-order valence-corrected chi connectivity index (χ1v) is 6.62. The van der Waals surface area contributed by atoms with E-state index in [4.69, 9.17) is 5.73 Å². The second kappa shape index (κ2) is 4.89. The molecule has 0 aliphatic rings. The summed E-state index contributed by atoms with van der Waals surface area (Å²) >= 11 is 0. The predicted molar refractivity (Wildman–Crippen MR) is 81.3 cm³/mol. The summed E-state index contributed by atoms with van der Waals surface area (Å²) in [7, 11) is 0. The summed E-state index contributed by atoms with van der Waals surface area (Å²) in [6.45, 7) is 4.20.